The van der Waals surface area contributed by atoms with E-state index in [2.05, 4.69) is 5.32 Å². The summed E-state index contributed by atoms with van der Waals surface area (Å²) in [4.78, 5) is 22.7. The summed E-state index contributed by atoms with van der Waals surface area (Å²) in [7, 11) is 0. The SMILES string of the molecule is N#Cc1ccc(NC(C(=O)[O-])c2cc(Cl)cc(Cl)c2OCC(N)=O)cc1. The Balaban J connectivity index is 2.43. The lowest BCUT2D eigenvalue weighted by Gasteiger charge is -2.24. The number of carbonyl (C=O) groups is 2. The number of carbonyl (C=O) groups excluding carboxylic acids is 2. The molecule has 1 amide bonds. The Morgan fingerprint density at radius 3 is 2.46 bits per heavy atom. The van der Waals surface area contributed by atoms with Crippen molar-refractivity contribution in [3.8, 4) is 11.8 Å². The van der Waals surface area contributed by atoms with Gasteiger partial charge in [0.1, 0.15) is 5.75 Å². The fraction of sp³-hybridized carbons (Fsp3) is 0.118. The lowest BCUT2D eigenvalue weighted by molar-refractivity contribution is -0.307. The molecule has 0 radical (unpaired) electrons. The Bertz CT molecular complexity index is 879. The van der Waals surface area contributed by atoms with E-state index in [1.807, 2.05) is 6.07 Å². The highest BCUT2D eigenvalue weighted by molar-refractivity contribution is 6.35. The average molecular weight is 393 g/mol. The highest BCUT2D eigenvalue weighted by Crippen LogP contribution is 2.37. The summed E-state index contributed by atoms with van der Waals surface area (Å²) < 4.78 is 5.25. The molecule has 3 N–H and O–H groups in total. The summed E-state index contributed by atoms with van der Waals surface area (Å²) in [5.74, 6) is -2.28. The van der Waals surface area contributed by atoms with Crippen LogP contribution in [0.4, 0.5) is 5.69 Å². The molecule has 2 aromatic rings. The van der Waals surface area contributed by atoms with Gasteiger partial charge in [0.15, 0.2) is 6.61 Å². The molecule has 7 nitrogen and oxygen atoms in total. The van der Waals surface area contributed by atoms with E-state index in [1.165, 1.54) is 36.4 Å². The van der Waals surface area contributed by atoms with E-state index in [4.69, 9.17) is 38.9 Å². The number of anilines is 1. The molecule has 0 aliphatic heterocycles. The molecule has 0 bridgehead atoms. The number of benzene rings is 2. The molecule has 1 unspecified atom stereocenters. The third-order valence-corrected chi connectivity index (χ3v) is 3.77. The number of halogens is 2. The fourth-order valence-electron chi connectivity index (χ4n) is 2.16. The number of nitrogens with two attached hydrogens (primary N) is 1. The van der Waals surface area contributed by atoms with Crippen molar-refractivity contribution in [3.05, 3.63) is 57.6 Å². The molecule has 0 aromatic heterocycles. The minimum Gasteiger partial charge on any atom is -0.548 e. The van der Waals surface area contributed by atoms with E-state index in [0.29, 0.717) is 11.3 Å². The van der Waals surface area contributed by atoms with Gasteiger partial charge < -0.3 is 25.7 Å². The van der Waals surface area contributed by atoms with Gasteiger partial charge in [-0.3, -0.25) is 4.79 Å². The normalized spacial score (nSPS) is 11.3. The highest BCUT2D eigenvalue weighted by atomic mass is 35.5. The van der Waals surface area contributed by atoms with Crippen LogP contribution < -0.4 is 20.9 Å². The number of hydrogen-bond acceptors (Lipinski definition) is 6. The van der Waals surface area contributed by atoms with Gasteiger partial charge in [-0.05, 0) is 36.4 Å². The van der Waals surface area contributed by atoms with Gasteiger partial charge in [0.2, 0.25) is 0 Å². The molecule has 26 heavy (non-hydrogen) atoms. The number of carboxylic acid groups (broad SMARTS) is 1. The van der Waals surface area contributed by atoms with Crippen molar-refractivity contribution >= 4 is 40.8 Å². The number of amides is 1. The molecule has 0 aliphatic carbocycles. The zero-order chi connectivity index (χ0) is 19.3. The van der Waals surface area contributed by atoms with E-state index in [1.54, 1.807) is 0 Å². The maximum atomic E-state index is 11.7. The molecule has 0 aliphatic rings. The van der Waals surface area contributed by atoms with Crippen LogP contribution in [-0.2, 0) is 9.59 Å². The molecule has 0 spiro atoms. The highest BCUT2D eigenvalue weighted by Gasteiger charge is 2.21. The largest absolute Gasteiger partial charge is 0.548 e. The molecule has 134 valence electrons. The zero-order valence-electron chi connectivity index (χ0n) is 13.2. The third-order valence-electron chi connectivity index (χ3n) is 3.27. The summed E-state index contributed by atoms with van der Waals surface area (Å²) in [6.07, 6.45) is 0. The molecular formula is C17H12Cl2N3O4-. The van der Waals surface area contributed by atoms with Crippen molar-refractivity contribution in [2.24, 2.45) is 5.73 Å². The molecule has 0 heterocycles. The van der Waals surface area contributed by atoms with Gasteiger partial charge in [-0.2, -0.15) is 5.26 Å². The molecule has 2 aromatic carbocycles. The van der Waals surface area contributed by atoms with Crippen molar-refractivity contribution < 1.29 is 19.4 Å². The Morgan fingerprint density at radius 1 is 1.27 bits per heavy atom. The predicted octanol–water partition coefficient (Wildman–Crippen LogP) is 1.63. The first-order valence-electron chi connectivity index (χ1n) is 7.19. The average Bonchev–Trinajstić information content (AvgIpc) is 2.58. The first-order chi connectivity index (χ1) is 12.3. The number of rotatable bonds is 7. The Morgan fingerprint density at radius 2 is 1.92 bits per heavy atom. The van der Waals surface area contributed by atoms with E-state index < -0.39 is 24.5 Å². The van der Waals surface area contributed by atoms with Gasteiger partial charge in [0.05, 0.1) is 28.7 Å². The molecule has 9 heteroatoms. The third kappa shape index (κ3) is 4.79. The number of ether oxygens (including phenoxy) is 1. The second-order valence-electron chi connectivity index (χ2n) is 5.15. The van der Waals surface area contributed by atoms with Crippen LogP contribution in [0.2, 0.25) is 10.0 Å². The summed E-state index contributed by atoms with van der Waals surface area (Å²) in [6, 6.07) is 9.35. The number of aliphatic carboxylic acids is 1. The van der Waals surface area contributed by atoms with E-state index in [0.717, 1.165) is 0 Å². The summed E-state index contributed by atoms with van der Waals surface area (Å²) in [6.45, 7) is -0.495. The Kier molecular flexibility index (Phi) is 6.28. The van der Waals surface area contributed by atoms with Gasteiger partial charge in [-0.25, -0.2) is 0 Å². The molecule has 1 atom stereocenters. The van der Waals surface area contributed by atoms with Crippen LogP contribution in [0, 0.1) is 11.3 Å². The van der Waals surface area contributed by atoms with Crippen molar-refractivity contribution in [1.29, 1.82) is 5.26 Å². The maximum Gasteiger partial charge on any atom is 0.255 e. The van der Waals surface area contributed by atoms with E-state index >= 15 is 0 Å². The smallest absolute Gasteiger partial charge is 0.255 e. The van der Waals surface area contributed by atoms with Gasteiger partial charge in [0.25, 0.3) is 5.91 Å². The molecule has 0 saturated carbocycles. The topological polar surface area (TPSA) is 128 Å². The molecular weight excluding hydrogens is 381 g/mol. The summed E-state index contributed by atoms with van der Waals surface area (Å²) in [5.41, 5.74) is 5.94. The number of nitrogens with one attached hydrogen (secondary N) is 1. The fourth-order valence-corrected chi connectivity index (χ4v) is 2.73. The standard InChI is InChI=1S/C17H13Cl2N3O4/c18-10-5-12(16(13(19)6-10)26-8-14(21)23)15(17(24)25)22-11-3-1-9(7-20)2-4-11/h1-6,15,22H,8H2,(H2,21,23)(H,24,25)/p-1. The van der Waals surface area contributed by atoms with Gasteiger partial charge >= 0.3 is 0 Å². The van der Waals surface area contributed by atoms with Crippen LogP contribution in [0.1, 0.15) is 17.2 Å². The minimum atomic E-state index is -1.48. The predicted molar refractivity (Wildman–Crippen MR) is 93.7 cm³/mol. The lowest BCUT2D eigenvalue weighted by atomic mass is 10.0. The van der Waals surface area contributed by atoms with E-state index in [9.17, 15) is 14.7 Å². The van der Waals surface area contributed by atoms with Crippen LogP contribution in [0.5, 0.6) is 5.75 Å². The first kappa shape index (κ1) is 19.4. The zero-order valence-corrected chi connectivity index (χ0v) is 14.7. The van der Waals surface area contributed by atoms with Crippen LogP contribution in [-0.4, -0.2) is 18.5 Å². The number of hydrogen-bond donors (Lipinski definition) is 2. The van der Waals surface area contributed by atoms with Crippen molar-refractivity contribution in [2.75, 3.05) is 11.9 Å². The summed E-state index contributed by atoms with van der Waals surface area (Å²) >= 11 is 12.0. The van der Waals surface area contributed by atoms with Crippen LogP contribution in [0.3, 0.4) is 0 Å². The number of primary amides is 1. The lowest BCUT2D eigenvalue weighted by Crippen LogP contribution is -2.34. The molecule has 2 rings (SSSR count). The number of nitrogens with zero attached hydrogens (tertiary/aromatic N) is 1. The van der Waals surface area contributed by atoms with Crippen LogP contribution in [0.15, 0.2) is 36.4 Å². The van der Waals surface area contributed by atoms with Crippen molar-refractivity contribution in [1.82, 2.24) is 0 Å². The number of carboxylic acids is 1. The summed E-state index contributed by atoms with van der Waals surface area (Å²) in [5, 5.41) is 23.4. The Labute approximate surface area is 158 Å². The van der Waals surface area contributed by atoms with Crippen molar-refractivity contribution in [3.63, 3.8) is 0 Å². The minimum absolute atomic E-state index is 0.0154. The van der Waals surface area contributed by atoms with Crippen molar-refractivity contribution in [2.45, 2.75) is 6.04 Å². The number of nitriles is 1. The Hall–Kier alpha value is -2.95. The van der Waals surface area contributed by atoms with E-state index in [-0.39, 0.29) is 21.4 Å². The molecule has 0 saturated heterocycles. The second kappa shape index (κ2) is 8.43. The van der Waals surface area contributed by atoms with Crippen LogP contribution in [0.25, 0.3) is 0 Å². The van der Waals surface area contributed by atoms with Gasteiger partial charge in [0, 0.05) is 16.3 Å². The second-order valence-corrected chi connectivity index (χ2v) is 5.99. The maximum absolute atomic E-state index is 11.7. The molecule has 0 fully saturated rings. The van der Waals surface area contributed by atoms with Gasteiger partial charge in [-0.15, -0.1) is 0 Å². The monoisotopic (exact) mass is 392 g/mol. The first-order valence-corrected chi connectivity index (χ1v) is 7.95. The van der Waals surface area contributed by atoms with Gasteiger partial charge in [-0.1, -0.05) is 23.2 Å². The quantitative estimate of drug-likeness (QED) is 0.736. The van der Waals surface area contributed by atoms with Crippen LogP contribution >= 0.6 is 23.2 Å².